The average Bonchev–Trinajstić information content (AvgIpc) is 3.39. The normalized spacial score (nSPS) is 15.8. The minimum absolute atomic E-state index is 0.186. The molecular weight excluding hydrogens is 400 g/mol. The molecule has 3 aromatic rings. The Kier molecular flexibility index (Phi) is 5.85. The van der Waals surface area contributed by atoms with Gasteiger partial charge in [0.05, 0.1) is 37.2 Å². The van der Waals surface area contributed by atoms with Gasteiger partial charge in [-0.05, 0) is 55.0 Å². The van der Waals surface area contributed by atoms with Crippen LogP contribution in [0.15, 0.2) is 35.6 Å². The molecule has 2 heterocycles. The van der Waals surface area contributed by atoms with Crippen molar-refractivity contribution >= 4 is 23.5 Å². The van der Waals surface area contributed by atoms with E-state index in [4.69, 9.17) is 9.47 Å². The van der Waals surface area contributed by atoms with Gasteiger partial charge in [-0.1, -0.05) is 6.92 Å². The fraction of sp³-hybridized carbons (Fsp3) is 0.318. The van der Waals surface area contributed by atoms with Crippen LogP contribution in [0.2, 0.25) is 0 Å². The van der Waals surface area contributed by atoms with Crippen LogP contribution in [-0.4, -0.2) is 36.5 Å². The molecule has 0 fully saturated rings. The van der Waals surface area contributed by atoms with Gasteiger partial charge in [0.2, 0.25) is 0 Å². The molecule has 2 N–H and O–H groups in total. The quantitative estimate of drug-likeness (QED) is 0.462. The molecule has 1 atom stereocenters. The third kappa shape index (κ3) is 4.09. The Morgan fingerprint density at radius 3 is 2.93 bits per heavy atom. The van der Waals surface area contributed by atoms with Gasteiger partial charge in [0, 0.05) is 16.0 Å². The molecule has 4 rings (SSSR count). The summed E-state index contributed by atoms with van der Waals surface area (Å²) < 4.78 is 10.7. The Morgan fingerprint density at radius 2 is 2.13 bits per heavy atom. The molecule has 0 aliphatic heterocycles. The van der Waals surface area contributed by atoms with Gasteiger partial charge in [0.1, 0.15) is 0 Å². The van der Waals surface area contributed by atoms with Crippen molar-refractivity contribution in [1.82, 2.24) is 15.6 Å². The van der Waals surface area contributed by atoms with Gasteiger partial charge in [-0.2, -0.15) is 10.2 Å². The van der Waals surface area contributed by atoms with Crippen molar-refractivity contribution in [1.29, 1.82) is 0 Å². The fourth-order valence-corrected chi connectivity index (χ4v) is 4.88. The predicted octanol–water partition coefficient (Wildman–Crippen LogP) is 4.04. The van der Waals surface area contributed by atoms with Gasteiger partial charge in [-0.15, -0.1) is 11.3 Å². The van der Waals surface area contributed by atoms with E-state index >= 15 is 0 Å². The number of methoxy groups -OCH3 is 2. The van der Waals surface area contributed by atoms with Crippen molar-refractivity contribution in [2.75, 3.05) is 14.2 Å². The Hall–Kier alpha value is -3.13. The molecule has 156 valence electrons. The third-order valence-electron chi connectivity index (χ3n) is 5.27. The van der Waals surface area contributed by atoms with Gasteiger partial charge < -0.3 is 9.47 Å². The van der Waals surface area contributed by atoms with E-state index < -0.39 is 0 Å². The zero-order chi connectivity index (χ0) is 21.1. The Balaban J connectivity index is 1.47. The smallest absolute Gasteiger partial charge is 0.281 e. The number of benzene rings is 1. The molecule has 1 aliphatic carbocycles. The van der Waals surface area contributed by atoms with Gasteiger partial charge >= 0.3 is 0 Å². The topological polar surface area (TPSA) is 88.6 Å². The number of aryl methyl sites for hydroxylation is 1. The lowest BCUT2D eigenvalue weighted by Gasteiger charge is -2.16. The van der Waals surface area contributed by atoms with Gasteiger partial charge in [0.25, 0.3) is 5.91 Å². The molecule has 0 saturated heterocycles. The summed E-state index contributed by atoms with van der Waals surface area (Å²) in [7, 11) is 3.19. The second-order valence-corrected chi connectivity index (χ2v) is 8.51. The van der Waals surface area contributed by atoms with Crippen molar-refractivity contribution in [3.8, 4) is 22.8 Å². The highest BCUT2D eigenvalue weighted by atomic mass is 32.1. The van der Waals surface area contributed by atoms with Crippen LogP contribution < -0.4 is 14.9 Å². The minimum atomic E-state index is -0.186. The van der Waals surface area contributed by atoms with E-state index in [2.05, 4.69) is 27.6 Å². The Labute approximate surface area is 179 Å². The molecule has 1 amide bonds. The van der Waals surface area contributed by atoms with E-state index in [0.717, 1.165) is 29.7 Å². The molecular formula is C22H24N4O3S. The highest BCUT2D eigenvalue weighted by Gasteiger charge is 2.20. The molecule has 1 aromatic carbocycles. The average molecular weight is 425 g/mol. The van der Waals surface area contributed by atoms with Crippen LogP contribution >= 0.6 is 11.3 Å². The summed E-state index contributed by atoms with van der Waals surface area (Å²) in [6.07, 6.45) is 6.53. The van der Waals surface area contributed by atoms with Gasteiger partial charge in [-0.3, -0.25) is 9.89 Å². The second-order valence-electron chi connectivity index (χ2n) is 7.38. The monoisotopic (exact) mass is 424 g/mol. The van der Waals surface area contributed by atoms with Crippen molar-refractivity contribution in [2.45, 2.75) is 26.2 Å². The summed E-state index contributed by atoms with van der Waals surface area (Å²) in [5.41, 5.74) is 6.33. The van der Waals surface area contributed by atoms with Crippen molar-refractivity contribution < 1.29 is 14.3 Å². The molecule has 2 aromatic heterocycles. The van der Waals surface area contributed by atoms with Crippen LogP contribution in [0.4, 0.5) is 0 Å². The first-order valence-electron chi connectivity index (χ1n) is 9.79. The van der Waals surface area contributed by atoms with Gasteiger partial charge in [-0.25, -0.2) is 5.43 Å². The van der Waals surface area contributed by atoms with Crippen LogP contribution in [-0.2, 0) is 12.8 Å². The summed E-state index contributed by atoms with van der Waals surface area (Å²) in [5, 5.41) is 11.2. The van der Waals surface area contributed by atoms with E-state index in [1.54, 1.807) is 38.0 Å². The van der Waals surface area contributed by atoms with E-state index in [-0.39, 0.29) is 5.91 Å². The molecule has 0 spiro atoms. The maximum absolute atomic E-state index is 12.5. The van der Waals surface area contributed by atoms with E-state index in [1.165, 1.54) is 16.9 Å². The molecule has 1 aliphatic rings. The lowest BCUT2D eigenvalue weighted by Crippen LogP contribution is -2.16. The number of amides is 1. The molecule has 30 heavy (non-hydrogen) atoms. The van der Waals surface area contributed by atoms with Crippen LogP contribution in [0.1, 0.15) is 39.0 Å². The lowest BCUT2D eigenvalue weighted by molar-refractivity contribution is 0.0959. The van der Waals surface area contributed by atoms with Crippen molar-refractivity contribution in [2.24, 2.45) is 11.0 Å². The molecule has 7 nitrogen and oxygen atoms in total. The second kappa shape index (κ2) is 8.71. The highest BCUT2D eigenvalue weighted by Crippen LogP contribution is 2.33. The van der Waals surface area contributed by atoms with E-state index in [9.17, 15) is 4.79 Å². The number of nitrogens with zero attached hydrogens (tertiary/aromatic N) is 2. The molecule has 0 unspecified atom stereocenters. The fourth-order valence-electron chi connectivity index (χ4n) is 3.62. The van der Waals surface area contributed by atoms with Crippen LogP contribution in [0, 0.1) is 5.92 Å². The number of aromatic amines is 1. The van der Waals surface area contributed by atoms with Gasteiger partial charge in [0.15, 0.2) is 11.5 Å². The summed E-state index contributed by atoms with van der Waals surface area (Å²) in [5.74, 6) is 1.77. The number of fused-ring (bicyclic) bond motifs is 1. The largest absolute Gasteiger partial charge is 0.493 e. The summed E-state index contributed by atoms with van der Waals surface area (Å²) in [4.78, 5) is 14.5. The third-order valence-corrected chi connectivity index (χ3v) is 6.47. The summed E-state index contributed by atoms with van der Waals surface area (Å²) in [6.45, 7) is 2.26. The van der Waals surface area contributed by atoms with Crippen LogP contribution in [0.3, 0.4) is 0 Å². The number of H-pyrrole nitrogens is 1. The van der Waals surface area contributed by atoms with Crippen LogP contribution in [0.25, 0.3) is 11.3 Å². The molecule has 8 heteroatoms. The number of ether oxygens (including phenoxy) is 2. The number of thiophene rings is 1. The lowest BCUT2D eigenvalue weighted by atomic mass is 9.90. The number of carbonyl (C=O) groups is 1. The zero-order valence-corrected chi connectivity index (χ0v) is 18.0. The molecule has 0 bridgehead atoms. The Bertz CT molecular complexity index is 1090. The number of hydrogen-bond acceptors (Lipinski definition) is 6. The Morgan fingerprint density at radius 1 is 1.30 bits per heavy atom. The highest BCUT2D eigenvalue weighted by molar-refractivity contribution is 7.14. The SMILES string of the molecule is COc1ccc(-c2[nH]ncc2/C=N\NC(=O)c2cc3c(s2)C[C@H](C)CC3)cc1OC. The summed E-state index contributed by atoms with van der Waals surface area (Å²) >= 11 is 1.57. The first-order chi connectivity index (χ1) is 14.6. The number of nitrogens with one attached hydrogen (secondary N) is 2. The summed E-state index contributed by atoms with van der Waals surface area (Å²) in [6, 6.07) is 7.60. The first kappa shape index (κ1) is 20.2. The number of aromatic nitrogens is 2. The maximum Gasteiger partial charge on any atom is 0.281 e. The molecule has 0 radical (unpaired) electrons. The number of hydrazone groups is 1. The predicted molar refractivity (Wildman–Crippen MR) is 118 cm³/mol. The number of rotatable bonds is 6. The minimum Gasteiger partial charge on any atom is -0.493 e. The van der Waals surface area contributed by atoms with E-state index in [1.807, 2.05) is 24.3 Å². The van der Waals surface area contributed by atoms with E-state index in [0.29, 0.717) is 22.3 Å². The van der Waals surface area contributed by atoms with Crippen molar-refractivity contribution in [3.05, 3.63) is 51.3 Å². The zero-order valence-electron chi connectivity index (χ0n) is 17.2. The maximum atomic E-state index is 12.5. The molecule has 0 saturated carbocycles. The van der Waals surface area contributed by atoms with Crippen LogP contribution in [0.5, 0.6) is 11.5 Å². The number of carbonyl (C=O) groups excluding carboxylic acids is 1. The van der Waals surface area contributed by atoms with Crippen molar-refractivity contribution in [3.63, 3.8) is 0 Å². The first-order valence-corrected chi connectivity index (χ1v) is 10.6. The standard InChI is InChI=1S/C22H24N4O3S/c1-13-4-5-14-10-20(30-19(14)8-13)22(27)26-24-12-16-11-23-25-21(16)15-6-7-17(28-2)18(9-15)29-3/h6-7,9-13H,4-5,8H2,1-3H3,(H,23,25)(H,26,27)/b24-12-/t13-/m1/s1. The number of hydrogen-bond donors (Lipinski definition) is 2.